The smallest absolute Gasteiger partial charge is 0.0684 e. The van der Waals surface area contributed by atoms with Gasteiger partial charge >= 0.3 is 0 Å². The number of benzene rings is 1. The van der Waals surface area contributed by atoms with Gasteiger partial charge in [-0.2, -0.15) is 0 Å². The highest BCUT2D eigenvalue weighted by Crippen LogP contribution is 2.24. The van der Waals surface area contributed by atoms with Crippen molar-refractivity contribution in [1.29, 1.82) is 0 Å². The quantitative estimate of drug-likeness (QED) is 0.709. The van der Waals surface area contributed by atoms with E-state index in [9.17, 15) is 0 Å². The molecule has 0 aliphatic carbocycles. The largest absolute Gasteiger partial charge is 0.392 e. The van der Waals surface area contributed by atoms with E-state index < -0.39 is 0 Å². The highest BCUT2D eigenvalue weighted by Gasteiger charge is 2.03. The highest BCUT2D eigenvalue weighted by molar-refractivity contribution is 7.98. The van der Waals surface area contributed by atoms with Gasteiger partial charge in [0.2, 0.25) is 0 Å². The lowest BCUT2D eigenvalue weighted by Crippen LogP contribution is -1.93. The van der Waals surface area contributed by atoms with Gasteiger partial charge in [-0.3, -0.25) is 0 Å². The molecule has 0 aromatic heterocycles. The molecule has 1 N–H and O–H groups in total. The molecule has 0 aliphatic rings. The van der Waals surface area contributed by atoms with E-state index in [0.29, 0.717) is 0 Å². The number of hydrogen-bond acceptors (Lipinski definition) is 2. The van der Waals surface area contributed by atoms with E-state index in [1.165, 1.54) is 16.0 Å². The third-order valence-corrected chi connectivity index (χ3v) is 3.12. The van der Waals surface area contributed by atoms with Crippen molar-refractivity contribution < 1.29 is 5.11 Å². The van der Waals surface area contributed by atoms with Crippen molar-refractivity contribution in [1.82, 2.24) is 0 Å². The molecule has 0 aliphatic heterocycles. The molecule has 0 spiro atoms. The predicted octanol–water partition coefficient (Wildman–Crippen LogP) is 2.52. The summed E-state index contributed by atoms with van der Waals surface area (Å²) in [5, 5.41) is 9.00. The number of hydrogen-bond donors (Lipinski definition) is 1. The van der Waals surface area contributed by atoms with Crippen LogP contribution in [0.1, 0.15) is 16.7 Å². The molecule has 0 saturated heterocycles. The molecule has 1 aromatic rings. The Morgan fingerprint density at radius 3 is 2.42 bits per heavy atom. The van der Waals surface area contributed by atoms with Crippen LogP contribution >= 0.6 is 11.8 Å². The molecule has 12 heavy (non-hydrogen) atoms. The fourth-order valence-electron chi connectivity index (χ4n) is 1.24. The molecule has 1 nitrogen and oxygen atoms in total. The lowest BCUT2D eigenvalue weighted by molar-refractivity contribution is 0.281. The fourth-order valence-corrected chi connectivity index (χ4v) is 1.91. The minimum absolute atomic E-state index is 0.140. The van der Waals surface area contributed by atoms with E-state index >= 15 is 0 Å². The van der Waals surface area contributed by atoms with Crippen LogP contribution in [0.5, 0.6) is 0 Å². The lowest BCUT2D eigenvalue weighted by Gasteiger charge is -2.09. The minimum atomic E-state index is 0.140. The van der Waals surface area contributed by atoms with E-state index in [1.807, 2.05) is 6.07 Å². The third-order valence-electron chi connectivity index (χ3n) is 2.24. The Balaban J connectivity index is 3.20. The SMILES string of the molecule is CSc1ccc(CO)c(C)c1C. The summed E-state index contributed by atoms with van der Waals surface area (Å²) >= 11 is 1.75. The molecule has 2 heteroatoms. The first-order valence-electron chi connectivity index (χ1n) is 3.94. The molecular weight excluding hydrogens is 168 g/mol. The van der Waals surface area contributed by atoms with Gasteiger partial charge in [0.25, 0.3) is 0 Å². The topological polar surface area (TPSA) is 20.2 Å². The van der Waals surface area contributed by atoms with Crippen LogP contribution in [0.25, 0.3) is 0 Å². The summed E-state index contributed by atoms with van der Waals surface area (Å²) in [6, 6.07) is 4.06. The molecule has 0 fully saturated rings. The maximum Gasteiger partial charge on any atom is 0.0684 e. The van der Waals surface area contributed by atoms with Crippen LogP contribution in [0, 0.1) is 13.8 Å². The van der Waals surface area contributed by atoms with Crippen LogP contribution in [-0.4, -0.2) is 11.4 Å². The summed E-state index contributed by atoms with van der Waals surface area (Å²) in [6.45, 7) is 4.29. The number of rotatable bonds is 2. The van der Waals surface area contributed by atoms with Gasteiger partial charge in [-0.25, -0.2) is 0 Å². The normalized spacial score (nSPS) is 10.3. The van der Waals surface area contributed by atoms with Crippen LogP contribution in [-0.2, 0) is 6.61 Å². The summed E-state index contributed by atoms with van der Waals surface area (Å²) in [5.74, 6) is 0. The Kier molecular flexibility index (Phi) is 3.18. The van der Waals surface area contributed by atoms with Crippen molar-refractivity contribution in [3.8, 4) is 0 Å². The average Bonchev–Trinajstić information content (AvgIpc) is 2.10. The lowest BCUT2D eigenvalue weighted by atomic mass is 10.0. The highest BCUT2D eigenvalue weighted by atomic mass is 32.2. The first-order chi connectivity index (χ1) is 5.70. The number of aliphatic hydroxyl groups excluding tert-OH is 1. The molecule has 0 atom stereocenters. The molecular formula is C10H14OS. The van der Waals surface area contributed by atoms with E-state index in [0.717, 1.165) is 5.56 Å². The Morgan fingerprint density at radius 1 is 1.25 bits per heavy atom. The Labute approximate surface area is 77.8 Å². The van der Waals surface area contributed by atoms with Crippen molar-refractivity contribution in [3.05, 3.63) is 28.8 Å². The summed E-state index contributed by atoms with van der Waals surface area (Å²) in [4.78, 5) is 1.30. The molecule has 0 heterocycles. The van der Waals surface area contributed by atoms with Crippen LogP contribution in [0.3, 0.4) is 0 Å². The predicted molar refractivity (Wildman–Crippen MR) is 53.6 cm³/mol. The zero-order valence-corrected chi connectivity index (χ0v) is 8.53. The van der Waals surface area contributed by atoms with E-state index in [2.05, 4.69) is 26.2 Å². The minimum Gasteiger partial charge on any atom is -0.392 e. The standard InChI is InChI=1S/C10H14OS/c1-7-8(2)10(12-3)5-4-9(7)6-11/h4-5,11H,6H2,1-3H3. The third kappa shape index (κ3) is 1.65. The van der Waals surface area contributed by atoms with Gasteiger partial charge in [0.1, 0.15) is 0 Å². The van der Waals surface area contributed by atoms with E-state index in [1.54, 1.807) is 11.8 Å². The summed E-state index contributed by atoms with van der Waals surface area (Å²) in [5.41, 5.74) is 3.53. The van der Waals surface area contributed by atoms with E-state index in [4.69, 9.17) is 5.11 Å². The van der Waals surface area contributed by atoms with Gasteiger partial charge in [0, 0.05) is 4.90 Å². The second kappa shape index (κ2) is 3.97. The van der Waals surface area contributed by atoms with Gasteiger partial charge in [-0.1, -0.05) is 6.07 Å². The van der Waals surface area contributed by atoms with Crippen molar-refractivity contribution in [2.24, 2.45) is 0 Å². The number of thioether (sulfide) groups is 1. The monoisotopic (exact) mass is 182 g/mol. The Morgan fingerprint density at radius 2 is 1.92 bits per heavy atom. The molecule has 66 valence electrons. The molecule has 0 bridgehead atoms. The van der Waals surface area contributed by atoms with Crippen molar-refractivity contribution in [3.63, 3.8) is 0 Å². The second-order valence-electron chi connectivity index (χ2n) is 2.84. The molecule has 0 saturated carbocycles. The fraction of sp³-hybridized carbons (Fsp3) is 0.400. The Bertz CT molecular complexity index is 252. The molecule has 1 rings (SSSR count). The first-order valence-corrected chi connectivity index (χ1v) is 5.17. The van der Waals surface area contributed by atoms with Gasteiger partial charge in [0.15, 0.2) is 0 Å². The van der Waals surface area contributed by atoms with Crippen LogP contribution < -0.4 is 0 Å². The zero-order valence-electron chi connectivity index (χ0n) is 7.72. The first kappa shape index (κ1) is 9.62. The van der Waals surface area contributed by atoms with Crippen LogP contribution in [0.15, 0.2) is 17.0 Å². The van der Waals surface area contributed by atoms with Crippen LogP contribution in [0.4, 0.5) is 0 Å². The van der Waals surface area contributed by atoms with Gasteiger partial charge in [-0.15, -0.1) is 11.8 Å². The second-order valence-corrected chi connectivity index (χ2v) is 3.68. The molecule has 0 unspecified atom stereocenters. The molecule has 1 aromatic carbocycles. The van der Waals surface area contributed by atoms with Crippen molar-refractivity contribution >= 4 is 11.8 Å². The summed E-state index contributed by atoms with van der Waals surface area (Å²) in [7, 11) is 0. The molecule has 0 radical (unpaired) electrons. The van der Waals surface area contributed by atoms with Gasteiger partial charge in [-0.05, 0) is 42.9 Å². The van der Waals surface area contributed by atoms with Crippen molar-refractivity contribution in [2.75, 3.05) is 6.26 Å². The van der Waals surface area contributed by atoms with Crippen molar-refractivity contribution in [2.45, 2.75) is 25.3 Å². The number of aliphatic hydroxyl groups is 1. The maximum absolute atomic E-state index is 9.00. The summed E-state index contributed by atoms with van der Waals surface area (Å²) < 4.78 is 0. The summed E-state index contributed by atoms with van der Waals surface area (Å²) in [6.07, 6.45) is 2.07. The van der Waals surface area contributed by atoms with Gasteiger partial charge in [0.05, 0.1) is 6.61 Å². The molecule has 0 amide bonds. The Hall–Kier alpha value is -0.470. The average molecular weight is 182 g/mol. The zero-order chi connectivity index (χ0) is 9.14. The van der Waals surface area contributed by atoms with E-state index in [-0.39, 0.29) is 6.61 Å². The van der Waals surface area contributed by atoms with Gasteiger partial charge < -0.3 is 5.11 Å². The van der Waals surface area contributed by atoms with Crippen LogP contribution in [0.2, 0.25) is 0 Å². The maximum atomic E-state index is 9.00.